The molecule has 1 heterocycles. The van der Waals surface area contributed by atoms with E-state index in [9.17, 15) is 14.4 Å². The van der Waals surface area contributed by atoms with Crippen molar-refractivity contribution in [3.05, 3.63) is 89.5 Å². The maximum absolute atomic E-state index is 12.9. The number of hydrogen-bond donors (Lipinski definition) is 3. The second-order valence-electron chi connectivity index (χ2n) is 15.6. The van der Waals surface area contributed by atoms with Crippen LogP contribution in [-0.4, -0.2) is 61.3 Å². The molecule has 4 rings (SSSR count). The number of anilines is 3. The zero-order chi connectivity index (χ0) is 43.1. The van der Waals surface area contributed by atoms with Gasteiger partial charge in [-0.15, -0.1) is 0 Å². The first-order valence-corrected chi connectivity index (χ1v) is 22.2. The maximum Gasteiger partial charge on any atom is 0.338 e. The highest BCUT2D eigenvalue weighted by molar-refractivity contribution is 6.00. The smallest absolute Gasteiger partial charge is 0.338 e. The monoisotopic (exact) mass is 825 g/mol. The van der Waals surface area contributed by atoms with Gasteiger partial charge in [0.05, 0.1) is 42.2 Å². The average Bonchev–Trinajstić information content (AvgIpc) is 3.28. The minimum Gasteiger partial charge on any atom is -0.462 e. The number of rotatable bonds is 26. The average molecular weight is 825 g/mol. The van der Waals surface area contributed by atoms with Crippen LogP contribution in [0.25, 0.3) is 0 Å². The molecule has 4 atom stereocenters. The summed E-state index contributed by atoms with van der Waals surface area (Å²) in [6.07, 6.45) is 13.5. The van der Waals surface area contributed by atoms with E-state index in [0.29, 0.717) is 77.3 Å². The molecule has 1 aliphatic heterocycles. The molecule has 3 aromatic carbocycles. The van der Waals surface area contributed by atoms with E-state index < -0.39 is 6.29 Å². The summed E-state index contributed by atoms with van der Waals surface area (Å²) in [5.74, 6) is 0.417. The van der Waals surface area contributed by atoms with Gasteiger partial charge in [0, 0.05) is 11.4 Å². The van der Waals surface area contributed by atoms with Crippen LogP contribution >= 0.6 is 0 Å². The topological polar surface area (TPSA) is 143 Å². The standard InChI is InChI=1S/C48H68N6O6/c1-7-13-16-35(10-4)31-58-44(55)38-19-25-41(26-20-38)51-47-49-34-50-48(52-42-27-21-39(22-28-42)45(56)59-32-36(11-5)17-14-8-2)54(47)53-43-29-23-40(24-30-43)46(57)60-33-37(12-6)18-15-9-3/h19-30,34-37,47,51,53H,7-18,31-33H2,1-6H3,(H,49,50,52). The van der Waals surface area contributed by atoms with Crippen molar-refractivity contribution in [3.8, 4) is 0 Å². The van der Waals surface area contributed by atoms with E-state index in [2.05, 4.69) is 67.6 Å². The number of ether oxygens (including phenoxy) is 3. The van der Waals surface area contributed by atoms with E-state index in [1.165, 1.54) is 6.34 Å². The third kappa shape index (κ3) is 15.3. The van der Waals surface area contributed by atoms with Crippen molar-refractivity contribution in [2.24, 2.45) is 27.7 Å². The maximum atomic E-state index is 12.9. The molecule has 3 aromatic rings. The molecule has 0 aromatic heterocycles. The number of nitrogens with zero attached hydrogens (tertiary/aromatic N) is 3. The van der Waals surface area contributed by atoms with Crippen LogP contribution in [0.15, 0.2) is 82.8 Å². The Kier molecular flexibility index (Phi) is 20.5. The van der Waals surface area contributed by atoms with Crippen molar-refractivity contribution in [2.45, 2.75) is 125 Å². The normalized spacial score (nSPS) is 15.0. The molecule has 0 bridgehead atoms. The molecule has 0 aliphatic carbocycles. The van der Waals surface area contributed by atoms with Crippen LogP contribution in [0.5, 0.6) is 0 Å². The summed E-state index contributed by atoms with van der Waals surface area (Å²) in [7, 11) is 0. The predicted octanol–water partition coefficient (Wildman–Crippen LogP) is 11.3. The summed E-state index contributed by atoms with van der Waals surface area (Å²) in [5.41, 5.74) is 6.84. The fourth-order valence-electron chi connectivity index (χ4n) is 6.72. The van der Waals surface area contributed by atoms with Crippen molar-refractivity contribution < 1.29 is 28.6 Å². The van der Waals surface area contributed by atoms with Crippen LogP contribution in [0.1, 0.15) is 150 Å². The quantitative estimate of drug-likeness (QED) is 0.0529. The van der Waals surface area contributed by atoms with E-state index in [-0.39, 0.29) is 17.9 Å². The number of guanidine groups is 1. The second kappa shape index (κ2) is 26.0. The van der Waals surface area contributed by atoms with Crippen molar-refractivity contribution in [2.75, 3.05) is 35.9 Å². The fraction of sp³-hybridized carbons (Fsp3) is 0.521. The lowest BCUT2D eigenvalue weighted by atomic mass is 10.0. The van der Waals surface area contributed by atoms with E-state index in [1.807, 2.05) is 12.1 Å². The number of carbonyl (C=O) groups is 3. The van der Waals surface area contributed by atoms with E-state index in [4.69, 9.17) is 14.2 Å². The zero-order valence-corrected chi connectivity index (χ0v) is 36.7. The largest absolute Gasteiger partial charge is 0.462 e. The van der Waals surface area contributed by atoms with Crippen molar-refractivity contribution >= 4 is 47.3 Å². The number of benzene rings is 3. The van der Waals surface area contributed by atoms with Gasteiger partial charge in [0.1, 0.15) is 6.34 Å². The lowest BCUT2D eigenvalue weighted by Crippen LogP contribution is -2.51. The number of hydrazine groups is 1. The van der Waals surface area contributed by atoms with Crippen LogP contribution in [-0.2, 0) is 14.2 Å². The molecule has 4 unspecified atom stereocenters. The molecule has 12 heteroatoms. The van der Waals surface area contributed by atoms with Gasteiger partial charge >= 0.3 is 17.9 Å². The van der Waals surface area contributed by atoms with Crippen LogP contribution in [0, 0.1) is 17.8 Å². The van der Waals surface area contributed by atoms with Gasteiger partial charge in [0.25, 0.3) is 0 Å². The molecule has 1 aliphatic rings. The predicted molar refractivity (Wildman–Crippen MR) is 243 cm³/mol. The van der Waals surface area contributed by atoms with E-state index in [0.717, 1.165) is 77.0 Å². The highest BCUT2D eigenvalue weighted by Gasteiger charge is 2.26. The highest BCUT2D eigenvalue weighted by atomic mass is 16.5. The first kappa shape index (κ1) is 47.3. The molecule has 0 amide bonds. The van der Waals surface area contributed by atoms with Gasteiger partial charge in [-0.1, -0.05) is 99.3 Å². The summed E-state index contributed by atoms with van der Waals surface area (Å²) in [4.78, 5) is 47.9. The number of hydrogen-bond acceptors (Lipinski definition) is 12. The third-order valence-electron chi connectivity index (χ3n) is 11.0. The Hall–Kier alpha value is -5.39. The van der Waals surface area contributed by atoms with Gasteiger partial charge in [-0.05, 0) is 110 Å². The second-order valence-corrected chi connectivity index (χ2v) is 15.6. The Labute approximate surface area is 357 Å². The Morgan fingerprint density at radius 1 is 0.567 bits per heavy atom. The Balaban J connectivity index is 1.47. The van der Waals surface area contributed by atoms with Gasteiger partial charge in [-0.3, -0.25) is 5.43 Å². The Bertz CT molecular complexity index is 1800. The van der Waals surface area contributed by atoms with Gasteiger partial charge in [0.15, 0.2) is 0 Å². The minimum absolute atomic E-state index is 0.348. The van der Waals surface area contributed by atoms with Crippen LogP contribution in [0.3, 0.4) is 0 Å². The Morgan fingerprint density at radius 3 is 1.33 bits per heavy atom. The van der Waals surface area contributed by atoms with Crippen molar-refractivity contribution in [1.29, 1.82) is 0 Å². The molecular weight excluding hydrogens is 757 g/mol. The molecule has 0 fully saturated rings. The van der Waals surface area contributed by atoms with Gasteiger partial charge < -0.3 is 24.8 Å². The summed E-state index contributed by atoms with van der Waals surface area (Å²) >= 11 is 0. The lowest BCUT2D eigenvalue weighted by Gasteiger charge is -2.35. The molecule has 0 saturated heterocycles. The summed E-state index contributed by atoms with van der Waals surface area (Å²) in [6, 6.07) is 21.2. The van der Waals surface area contributed by atoms with E-state index in [1.54, 1.807) is 65.7 Å². The first-order chi connectivity index (χ1) is 29.2. The molecule has 3 N–H and O–H groups in total. The number of esters is 3. The molecule has 0 saturated carbocycles. The SMILES string of the molecule is CCCCC(CC)COC(=O)c1ccc(NC2=NC=NC(Nc3ccc(C(=O)OCC(CC)CCCC)cc3)N2Nc2ccc(C(=O)OCC(CC)CCCC)cc2)cc1. The Morgan fingerprint density at radius 2 is 0.950 bits per heavy atom. The number of nitrogens with one attached hydrogen (secondary N) is 3. The molecule has 0 spiro atoms. The van der Waals surface area contributed by atoms with Crippen LogP contribution in [0.4, 0.5) is 17.1 Å². The number of unbranched alkanes of at least 4 members (excludes halogenated alkanes) is 3. The van der Waals surface area contributed by atoms with Crippen molar-refractivity contribution in [3.63, 3.8) is 0 Å². The summed E-state index contributed by atoms with van der Waals surface area (Å²) in [6.45, 7) is 14.1. The third-order valence-corrected chi connectivity index (χ3v) is 11.0. The van der Waals surface area contributed by atoms with Crippen LogP contribution < -0.4 is 16.1 Å². The first-order valence-electron chi connectivity index (χ1n) is 22.2. The van der Waals surface area contributed by atoms with Gasteiger partial charge in [-0.25, -0.2) is 29.4 Å². The number of carbonyl (C=O) groups excluding carboxylic acids is 3. The number of aliphatic imine (C=N–C) groups is 2. The molecule has 12 nitrogen and oxygen atoms in total. The lowest BCUT2D eigenvalue weighted by molar-refractivity contribution is 0.0419. The molecular formula is C48H68N6O6. The van der Waals surface area contributed by atoms with Crippen LogP contribution in [0.2, 0.25) is 0 Å². The minimum atomic E-state index is -0.695. The highest BCUT2D eigenvalue weighted by Crippen LogP contribution is 2.22. The fourth-order valence-corrected chi connectivity index (χ4v) is 6.72. The zero-order valence-electron chi connectivity index (χ0n) is 36.7. The molecule has 60 heavy (non-hydrogen) atoms. The molecule has 0 radical (unpaired) electrons. The molecule has 326 valence electrons. The van der Waals surface area contributed by atoms with E-state index >= 15 is 0 Å². The summed E-state index contributed by atoms with van der Waals surface area (Å²) in [5, 5.41) is 8.49. The van der Waals surface area contributed by atoms with Gasteiger partial charge in [-0.2, -0.15) is 0 Å². The summed E-state index contributed by atoms with van der Waals surface area (Å²) < 4.78 is 17.0. The van der Waals surface area contributed by atoms with Crippen molar-refractivity contribution in [1.82, 2.24) is 5.01 Å². The van der Waals surface area contributed by atoms with Gasteiger partial charge in [0.2, 0.25) is 12.2 Å².